The Balaban J connectivity index is 2.48. The molecule has 1 rings (SSSR count). The van der Waals surface area contributed by atoms with Crippen LogP contribution in [-0.4, -0.2) is 35.4 Å². The molecule has 1 aromatic carbocycles. The number of rotatable bonds is 7. The van der Waals surface area contributed by atoms with Crippen LogP contribution in [0, 0.1) is 0 Å². The van der Waals surface area contributed by atoms with E-state index in [4.69, 9.17) is 10.5 Å². The third-order valence-corrected chi connectivity index (χ3v) is 3.68. The van der Waals surface area contributed by atoms with Gasteiger partial charge in [-0.15, -0.1) is 11.8 Å². The zero-order valence-corrected chi connectivity index (χ0v) is 12.7. The molecule has 0 aromatic heterocycles. The predicted molar refractivity (Wildman–Crippen MR) is 82.1 cm³/mol. The van der Waals surface area contributed by atoms with Crippen molar-refractivity contribution in [2.75, 3.05) is 17.7 Å². The average molecular weight is 310 g/mol. The molecule has 0 radical (unpaired) electrons. The number of carbonyl (C=O) groups is 3. The highest BCUT2D eigenvalue weighted by atomic mass is 32.2. The summed E-state index contributed by atoms with van der Waals surface area (Å²) in [5.74, 6) is -0.960. The molecule has 0 unspecified atom stereocenters. The molecular formula is C14H18N2O4S. The van der Waals surface area contributed by atoms with E-state index in [1.807, 2.05) is 0 Å². The summed E-state index contributed by atoms with van der Waals surface area (Å²) in [4.78, 5) is 34.1. The molecule has 1 atom stereocenters. The molecule has 0 spiro atoms. The lowest BCUT2D eigenvalue weighted by atomic mass is 10.2. The lowest BCUT2D eigenvalue weighted by Gasteiger charge is -2.11. The van der Waals surface area contributed by atoms with Gasteiger partial charge in [0, 0.05) is 11.3 Å². The third-order valence-electron chi connectivity index (χ3n) is 2.56. The van der Waals surface area contributed by atoms with Gasteiger partial charge in [0.15, 0.2) is 0 Å². The highest BCUT2D eigenvalue weighted by Crippen LogP contribution is 2.15. The van der Waals surface area contributed by atoms with Crippen LogP contribution in [0.4, 0.5) is 5.69 Å². The van der Waals surface area contributed by atoms with Gasteiger partial charge in [0.25, 0.3) is 0 Å². The maximum absolute atomic E-state index is 11.9. The number of hydrogen-bond acceptors (Lipinski definition) is 5. The molecule has 3 N–H and O–H groups in total. The lowest BCUT2D eigenvalue weighted by Crippen LogP contribution is -2.24. The Bertz CT molecular complexity index is 516. The molecule has 0 aliphatic heterocycles. The van der Waals surface area contributed by atoms with E-state index in [1.54, 1.807) is 26.0 Å². The number of thioether (sulfide) groups is 1. The minimum absolute atomic E-state index is 0.128. The van der Waals surface area contributed by atoms with Crippen LogP contribution in [-0.2, 0) is 14.3 Å². The molecular weight excluding hydrogens is 292 g/mol. The van der Waals surface area contributed by atoms with Gasteiger partial charge < -0.3 is 15.8 Å². The first-order valence-electron chi connectivity index (χ1n) is 6.42. The fourth-order valence-electron chi connectivity index (χ4n) is 1.43. The summed E-state index contributed by atoms with van der Waals surface area (Å²) in [7, 11) is 0. The van der Waals surface area contributed by atoms with Gasteiger partial charge >= 0.3 is 5.97 Å². The van der Waals surface area contributed by atoms with E-state index in [9.17, 15) is 14.4 Å². The van der Waals surface area contributed by atoms with E-state index >= 15 is 0 Å². The molecule has 0 heterocycles. The maximum atomic E-state index is 11.9. The van der Waals surface area contributed by atoms with Gasteiger partial charge in [-0.25, -0.2) is 0 Å². The van der Waals surface area contributed by atoms with Crippen LogP contribution in [0.5, 0.6) is 0 Å². The van der Waals surface area contributed by atoms with Crippen LogP contribution in [0.3, 0.4) is 0 Å². The predicted octanol–water partition coefficient (Wildman–Crippen LogP) is 1.41. The second kappa shape index (κ2) is 8.31. The molecule has 0 saturated carbocycles. The van der Waals surface area contributed by atoms with Crippen LogP contribution < -0.4 is 11.1 Å². The summed E-state index contributed by atoms with van der Waals surface area (Å²) < 4.78 is 4.79. The van der Waals surface area contributed by atoms with Gasteiger partial charge in [-0.05, 0) is 38.1 Å². The van der Waals surface area contributed by atoms with Crippen molar-refractivity contribution in [3.8, 4) is 0 Å². The number of carbonyl (C=O) groups excluding carboxylic acids is 3. The number of hydrogen-bond donors (Lipinski definition) is 2. The Morgan fingerprint density at radius 1 is 1.29 bits per heavy atom. The zero-order valence-electron chi connectivity index (χ0n) is 11.9. The first-order chi connectivity index (χ1) is 9.93. The number of benzene rings is 1. The van der Waals surface area contributed by atoms with Crippen LogP contribution in [0.2, 0.25) is 0 Å². The molecule has 114 valence electrons. The number of primary amides is 1. The minimum atomic E-state index is -0.522. The fourth-order valence-corrected chi connectivity index (χ4v) is 2.11. The standard InChI is InChI=1S/C14H18N2O4S/c1-3-20-12(17)8-21-9(2)14(19)16-11-6-4-10(5-7-11)13(15)18/h4-7,9H,3,8H2,1-2H3,(H2,15,18)(H,16,19)/t9-/m1/s1. The second-order valence-electron chi connectivity index (χ2n) is 4.19. The summed E-state index contributed by atoms with van der Waals surface area (Å²) in [5.41, 5.74) is 6.07. The Morgan fingerprint density at radius 2 is 1.90 bits per heavy atom. The average Bonchev–Trinajstić information content (AvgIpc) is 2.45. The number of nitrogens with two attached hydrogens (primary N) is 1. The van der Waals surface area contributed by atoms with E-state index in [1.165, 1.54) is 23.9 Å². The highest BCUT2D eigenvalue weighted by molar-refractivity contribution is 8.01. The van der Waals surface area contributed by atoms with E-state index in [0.717, 1.165) is 0 Å². The molecule has 7 heteroatoms. The van der Waals surface area contributed by atoms with Crippen molar-refractivity contribution in [3.63, 3.8) is 0 Å². The first kappa shape index (κ1) is 17.0. The van der Waals surface area contributed by atoms with E-state index in [-0.39, 0.29) is 17.6 Å². The van der Waals surface area contributed by atoms with E-state index in [0.29, 0.717) is 17.9 Å². The van der Waals surface area contributed by atoms with Crippen LogP contribution in [0.25, 0.3) is 0 Å². The van der Waals surface area contributed by atoms with Crippen molar-refractivity contribution in [3.05, 3.63) is 29.8 Å². The fraction of sp³-hybridized carbons (Fsp3) is 0.357. The number of ether oxygens (including phenoxy) is 1. The summed E-state index contributed by atoms with van der Waals surface area (Å²) in [6, 6.07) is 6.27. The SMILES string of the molecule is CCOC(=O)CS[C@H](C)C(=O)Nc1ccc(C(N)=O)cc1. The quantitative estimate of drug-likeness (QED) is 0.742. The van der Waals surface area contributed by atoms with E-state index in [2.05, 4.69) is 5.32 Å². The number of anilines is 1. The van der Waals surface area contributed by atoms with Crippen LogP contribution >= 0.6 is 11.8 Å². The summed E-state index contributed by atoms with van der Waals surface area (Å²) in [5, 5.41) is 2.30. The molecule has 21 heavy (non-hydrogen) atoms. The zero-order chi connectivity index (χ0) is 15.8. The first-order valence-corrected chi connectivity index (χ1v) is 7.47. The summed E-state index contributed by atoms with van der Waals surface area (Å²) in [6.07, 6.45) is 0. The molecule has 0 bridgehead atoms. The smallest absolute Gasteiger partial charge is 0.315 e. The Morgan fingerprint density at radius 3 is 2.43 bits per heavy atom. The molecule has 1 aromatic rings. The Labute approximate surface area is 127 Å². The second-order valence-corrected chi connectivity index (χ2v) is 5.52. The largest absolute Gasteiger partial charge is 0.465 e. The van der Waals surface area contributed by atoms with Gasteiger partial charge in [-0.2, -0.15) is 0 Å². The molecule has 2 amide bonds. The Kier molecular flexibility index (Phi) is 6.74. The van der Waals surface area contributed by atoms with E-state index < -0.39 is 11.2 Å². The van der Waals surface area contributed by atoms with Gasteiger partial charge in [-0.3, -0.25) is 14.4 Å². The molecule has 0 aliphatic carbocycles. The number of nitrogens with one attached hydrogen (secondary N) is 1. The lowest BCUT2D eigenvalue weighted by molar-refractivity contribution is -0.139. The van der Waals surface area contributed by atoms with Crippen molar-refractivity contribution in [2.45, 2.75) is 19.1 Å². The van der Waals surface area contributed by atoms with Crippen molar-refractivity contribution in [1.82, 2.24) is 0 Å². The number of amides is 2. The number of esters is 1. The van der Waals surface area contributed by atoms with Crippen molar-refractivity contribution in [2.24, 2.45) is 5.73 Å². The van der Waals surface area contributed by atoms with Crippen LogP contribution in [0.1, 0.15) is 24.2 Å². The topological polar surface area (TPSA) is 98.5 Å². The van der Waals surface area contributed by atoms with Gasteiger partial charge in [0.1, 0.15) is 0 Å². The Hall–Kier alpha value is -2.02. The highest BCUT2D eigenvalue weighted by Gasteiger charge is 2.15. The minimum Gasteiger partial charge on any atom is -0.465 e. The van der Waals surface area contributed by atoms with Crippen molar-refractivity contribution in [1.29, 1.82) is 0 Å². The molecule has 0 aliphatic rings. The van der Waals surface area contributed by atoms with Gasteiger partial charge in [0.05, 0.1) is 17.6 Å². The molecule has 0 fully saturated rings. The normalized spacial score (nSPS) is 11.5. The van der Waals surface area contributed by atoms with Gasteiger partial charge in [-0.1, -0.05) is 0 Å². The third kappa shape index (κ3) is 5.86. The summed E-state index contributed by atoms with van der Waals surface area (Å²) >= 11 is 1.20. The van der Waals surface area contributed by atoms with Gasteiger partial charge in [0.2, 0.25) is 11.8 Å². The van der Waals surface area contributed by atoms with Crippen molar-refractivity contribution >= 4 is 35.2 Å². The molecule has 6 nitrogen and oxygen atoms in total. The van der Waals surface area contributed by atoms with Crippen molar-refractivity contribution < 1.29 is 19.1 Å². The maximum Gasteiger partial charge on any atom is 0.315 e. The summed E-state index contributed by atoms with van der Waals surface area (Å²) in [6.45, 7) is 3.76. The monoisotopic (exact) mass is 310 g/mol. The van der Waals surface area contributed by atoms with Crippen LogP contribution in [0.15, 0.2) is 24.3 Å². The molecule has 0 saturated heterocycles.